The Labute approximate surface area is 95.2 Å². The van der Waals surface area contributed by atoms with Gasteiger partial charge in [-0.2, -0.15) is 5.10 Å². The molecule has 2 aromatic rings. The molecule has 0 aliphatic carbocycles. The first-order valence-corrected chi connectivity index (χ1v) is 4.70. The van der Waals surface area contributed by atoms with Crippen LogP contribution in [0.1, 0.15) is 0 Å². The minimum atomic E-state index is -0.505. The van der Waals surface area contributed by atoms with E-state index in [4.69, 9.17) is 17.3 Å². The molecule has 0 radical (unpaired) electrons. The van der Waals surface area contributed by atoms with Gasteiger partial charge >= 0.3 is 0 Å². The zero-order valence-electron chi connectivity index (χ0n) is 7.98. The van der Waals surface area contributed by atoms with Crippen molar-refractivity contribution in [2.75, 3.05) is 5.73 Å². The lowest BCUT2D eigenvalue weighted by Gasteiger charge is -1.98. The Morgan fingerprint density at radius 1 is 1.38 bits per heavy atom. The van der Waals surface area contributed by atoms with Gasteiger partial charge in [-0.15, -0.1) is 0 Å². The number of aromatic amines is 1. The molecule has 1 aromatic carbocycles. The number of non-ortho nitro benzene ring substituents is 1. The van der Waals surface area contributed by atoms with E-state index in [2.05, 4.69) is 10.2 Å². The smallest absolute Gasteiger partial charge is 0.271 e. The van der Waals surface area contributed by atoms with Crippen molar-refractivity contribution in [2.45, 2.75) is 0 Å². The predicted octanol–water partition coefficient (Wildman–Crippen LogP) is 2.22. The second-order valence-corrected chi connectivity index (χ2v) is 3.60. The van der Waals surface area contributed by atoms with Crippen molar-refractivity contribution >= 4 is 23.1 Å². The van der Waals surface area contributed by atoms with Crippen LogP contribution >= 0.6 is 11.6 Å². The van der Waals surface area contributed by atoms with Gasteiger partial charge in [0.05, 0.1) is 10.6 Å². The van der Waals surface area contributed by atoms with Crippen LogP contribution in [-0.2, 0) is 0 Å². The minimum Gasteiger partial charge on any atom is -0.382 e. The summed E-state index contributed by atoms with van der Waals surface area (Å²) in [5, 5.41) is 17.3. The number of benzene rings is 1. The summed E-state index contributed by atoms with van der Waals surface area (Å²) in [6.45, 7) is 0. The summed E-state index contributed by atoms with van der Waals surface area (Å²) in [5.41, 5.74) is 6.53. The van der Waals surface area contributed by atoms with Crippen LogP contribution in [0.2, 0.25) is 5.02 Å². The Balaban J connectivity index is 2.53. The van der Waals surface area contributed by atoms with Gasteiger partial charge in [0.15, 0.2) is 0 Å². The summed E-state index contributed by atoms with van der Waals surface area (Å²) in [6, 6.07) is 5.86. The number of nitro groups is 1. The first-order chi connectivity index (χ1) is 7.56. The lowest BCUT2D eigenvalue weighted by Crippen LogP contribution is -1.89. The number of rotatable bonds is 2. The van der Waals surface area contributed by atoms with Crippen LogP contribution < -0.4 is 5.73 Å². The van der Waals surface area contributed by atoms with E-state index in [1.807, 2.05) is 0 Å². The number of nitrogen functional groups attached to an aromatic ring is 1. The van der Waals surface area contributed by atoms with Gasteiger partial charge in [0.25, 0.3) is 5.69 Å². The minimum absolute atomic E-state index is 0.0735. The van der Waals surface area contributed by atoms with Crippen molar-refractivity contribution in [1.82, 2.24) is 10.2 Å². The third-order valence-electron chi connectivity index (χ3n) is 2.00. The van der Waals surface area contributed by atoms with Crippen molar-refractivity contribution in [1.29, 1.82) is 0 Å². The molecule has 0 fully saturated rings. The Morgan fingerprint density at radius 3 is 2.69 bits per heavy atom. The fourth-order valence-corrected chi connectivity index (χ4v) is 1.55. The summed E-state index contributed by atoms with van der Waals surface area (Å²) in [7, 11) is 0. The lowest BCUT2D eigenvalue weighted by atomic mass is 10.1. The number of H-pyrrole nitrogens is 1. The fraction of sp³-hybridized carbons (Fsp3) is 0. The molecule has 1 aromatic heterocycles. The second-order valence-electron chi connectivity index (χ2n) is 3.16. The van der Waals surface area contributed by atoms with Crippen LogP contribution in [0.3, 0.4) is 0 Å². The van der Waals surface area contributed by atoms with E-state index in [0.29, 0.717) is 17.1 Å². The summed E-state index contributed by atoms with van der Waals surface area (Å²) in [5.74, 6) is 0.317. The molecule has 0 spiro atoms. The standard InChI is InChI=1S/C9H7ClN4O2/c10-6-1-5(2-7(3-6)14(15)16)8-4-9(11)13-12-8/h1-4H,(H3,11,12,13). The van der Waals surface area contributed by atoms with E-state index in [1.165, 1.54) is 12.1 Å². The molecule has 1 heterocycles. The number of nitrogens with one attached hydrogen (secondary N) is 1. The first-order valence-electron chi connectivity index (χ1n) is 4.32. The molecule has 82 valence electrons. The third kappa shape index (κ3) is 1.96. The van der Waals surface area contributed by atoms with Crippen LogP contribution in [0.5, 0.6) is 0 Å². The first kappa shape index (κ1) is 10.4. The van der Waals surface area contributed by atoms with E-state index >= 15 is 0 Å². The molecule has 0 bridgehead atoms. The van der Waals surface area contributed by atoms with Crippen LogP contribution in [0.25, 0.3) is 11.3 Å². The molecule has 0 saturated carbocycles. The average molecular weight is 239 g/mol. The van der Waals surface area contributed by atoms with Gasteiger partial charge in [-0.05, 0) is 6.07 Å². The molecule has 6 nitrogen and oxygen atoms in total. The molecule has 0 amide bonds. The molecule has 16 heavy (non-hydrogen) atoms. The van der Waals surface area contributed by atoms with Crippen molar-refractivity contribution in [3.63, 3.8) is 0 Å². The van der Waals surface area contributed by atoms with Gasteiger partial charge in [0, 0.05) is 28.8 Å². The highest BCUT2D eigenvalue weighted by Crippen LogP contribution is 2.27. The number of nitrogens with two attached hydrogens (primary N) is 1. The molecular formula is C9H7ClN4O2. The maximum absolute atomic E-state index is 10.6. The van der Waals surface area contributed by atoms with Gasteiger partial charge in [-0.3, -0.25) is 15.2 Å². The Morgan fingerprint density at radius 2 is 2.12 bits per heavy atom. The van der Waals surface area contributed by atoms with E-state index in [9.17, 15) is 10.1 Å². The van der Waals surface area contributed by atoms with Gasteiger partial charge in [-0.1, -0.05) is 11.6 Å². The topological polar surface area (TPSA) is 97.8 Å². The zero-order valence-corrected chi connectivity index (χ0v) is 8.73. The number of aromatic nitrogens is 2. The number of nitro benzene ring substituents is 1. The van der Waals surface area contributed by atoms with Gasteiger partial charge in [-0.25, -0.2) is 0 Å². The molecule has 0 aliphatic heterocycles. The van der Waals surface area contributed by atoms with E-state index in [0.717, 1.165) is 0 Å². The van der Waals surface area contributed by atoms with Gasteiger partial charge in [0.2, 0.25) is 0 Å². The summed E-state index contributed by atoms with van der Waals surface area (Å²) < 4.78 is 0. The molecule has 0 saturated heterocycles. The normalized spacial score (nSPS) is 10.3. The van der Waals surface area contributed by atoms with Crippen molar-refractivity contribution in [3.8, 4) is 11.3 Å². The number of halogens is 1. The third-order valence-corrected chi connectivity index (χ3v) is 2.22. The average Bonchev–Trinajstić information content (AvgIpc) is 2.64. The lowest BCUT2D eigenvalue weighted by molar-refractivity contribution is -0.384. The van der Waals surface area contributed by atoms with Gasteiger partial charge < -0.3 is 5.73 Å². The highest BCUT2D eigenvalue weighted by Gasteiger charge is 2.11. The van der Waals surface area contributed by atoms with Crippen molar-refractivity contribution in [2.24, 2.45) is 0 Å². The Hall–Kier alpha value is -2.08. The van der Waals surface area contributed by atoms with Gasteiger partial charge in [0.1, 0.15) is 5.82 Å². The Bertz CT molecular complexity index is 552. The van der Waals surface area contributed by atoms with Crippen molar-refractivity contribution in [3.05, 3.63) is 39.4 Å². The molecule has 3 N–H and O–H groups in total. The molecule has 7 heteroatoms. The maximum Gasteiger partial charge on any atom is 0.271 e. The number of anilines is 1. The predicted molar refractivity (Wildman–Crippen MR) is 60.1 cm³/mol. The zero-order chi connectivity index (χ0) is 11.7. The van der Waals surface area contributed by atoms with Crippen LogP contribution in [0.4, 0.5) is 11.5 Å². The van der Waals surface area contributed by atoms with Crippen LogP contribution in [0.15, 0.2) is 24.3 Å². The highest BCUT2D eigenvalue weighted by molar-refractivity contribution is 6.31. The number of nitrogens with zero attached hydrogens (tertiary/aromatic N) is 2. The molecular weight excluding hydrogens is 232 g/mol. The van der Waals surface area contributed by atoms with E-state index in [-0.39, 0.29) is 10.7 Å². The fourth-order valence-electron chi connectivity index (χ4n) is 1.32. The molecule has 0 unspecified atom stereocenters. The van der Waals surface area contributed by atoms with Crippen LogP contribution in [0, 0.1) is 10.1 Å². The Kier molecular flexibility index (Phi) is 2.49. The quantitative estimate of drug-likeness (QED) is 0.619. The van der Waals surface area contributed by atoms with E-state index < -0.39 is 4.92 Å². The second kappa shape index (κ2) is 3.82. The monoisotopic (exact) mass is 238 g/mol. The number of hydrogen-bond donors (Lipinski definition) is 2. The molecule has 0 atom stereocenters. The summed E-state index contributed by atoms with van der Waals surface area (Å²) in [4.78, 5) is 10.1. The van der Waals surface area contributed by atoms with Crippen molar-refractivity contribution < 1.29 is 4.92 Å². The molecule has 0 aliphatic rings. The largest absolute Gasteiger partial charge is 0.382 e. The van der Waals surface area contributed by atoms with Crippen LogP contribution in [-0.4, -0.2) is 15.1 Å². The summed E-state index contributed by atoms with van der Waals surface area (Å²) in [6.07, 6.45) is 0. The highest BCUT2D eigenvalue weighted by atomic mass is 35.5. The van der Waals surface area contributed by atoms with E-state index in [1.54, 1.807) is 12.1 Å². The maximum atomic E-state index is 10.6. The summed E-state index contributed by atoms with van der Waals surface area (Å²) >= 11 is 5.78. The number of hydrogen-bond acceptors (Lipinski definition) is 4. The SMILES string of the molecule is Nc1cc(-c2cc(Cl)cc([N+](=O)[O-])c2)[nH]n1. The molecule has 2 rings (SSSR count).